The highest BCUT2D eigenvalue weighted by atomic mass is 32.2. The zero-order valence-corrected chi connectivity index (χ0v) is 22.1. The van der Waals surface area contributed by atoms with Gasteiger partial charge in [-0.3, -0.25) is 14.5 Å². The number of nitrogens with zero attached hydrogens (tertiary/aromatic N) is 2. The van der Waals surface area contributed by atoms with Gasteiger partial charge in [0.2, 0.25) is 5.91 Å². The number of hydrogen-bond acceptors (Lipinski definition) is 5. The molecule has 1 aliphatic heterocycles. The first kappa shape index (κ1) is 27.8. The molecule has 0 aromatic heterocycles. The largest absolute Gasteiger partial charge is 0.312 e. The van der Waals surface area contributed by atoms with E-state index in [1.807, 2.05) is 4.72 Å². The summed E-state index contributed by atoms with van der Waals surface area (Å²) >= 11 is 0. The molecule has 1 heterocycles. The van der Waals surface area contributed by atoms with Crippen LogP contribution in [-0.4, -0.2) is 44.8 Å². The van der Waals surface area contributed by atoms with Gasteiger partial charge in [-0.1, -0.05) is 45.2 Å². The molecule has 9 heteroatoms. The number of fused-ring (bicyclic) bond motifs is 1. The summed E-state index contributed by atoms with van der Waals surface area (Å²) < 4.78 is 41.4. The van der Waals surface area contributed by atoms with E-state index in [0.717, 1.165) is 68.6 Å². The first-order valence-electron chi connectivity index (χ1n) is 12.5. The number of benzene rings is 2. The maximum absolute atomic E-state index is 14.1. The molecule has 3 rings (SSSR count). The maximum Gasteiger partial charge on any atom is 0.267 e. The topological polar surface area (TPSA) is 86.8 Å². The number of hydrogen-bond donors (Lipinski definition) is 1. The molecule has 7 nitrogen and oxygen atoms in total. The van der Waals surface area contributed by atoms with Gasteiger partial charge in [0.15, 0.2) is 0 Å². The third-order valence-electron chi connectivity index (χ3n) is 6.24. The Labute approximate surface area is 213 Å². The summed E-state index contributed by atoms with van der Waals surface area (Å²) in [6.07, 6.45) is 5.25. The molecule has 0 atom stereocenters. The van der Waals surface area contributed by atoms with Gasteiger partial charge in [0.05, 0.1) is 0 Å². The van der Waals surface area contributed by atoms with Gasteiger partial charge in [-0.25, -0.2) is 17.5 Å². The van der Waals surface area contributed by atoms with Crippen LogP contribution in [-0.2, 0) is 21.4 Å². The molecule has 0 aliphatic carbocycles. The molecule has 0 radical (unpaired) electrons. The number of nitrogens with one attached hydrogen (secondary N) is 1. The lowest BCUT2D eigenvalue weighted by Crippen LogP contribution is -2.34. The predicted octanol–water partition coefficient (Wildman–Crippen LogP) is 4.72. The normalized spacial score (nSPS) is 16.1. The molecular formula is C27H36FN3O4S. The Morgan fingerprint density at radius 3 is 2.33 bits per heavy atom. The van der Waals surface area contributed by atoms with Gasteiger partial charge in [0.25, 0.3) is 15.9 Å². The summed E-state index contributed by atoms with van der Waals surface area (Å²) in [6, 6.07) is 9.78. The van der Waals surface area contributed by atoms with Crippen LogP contribution in [0.3, 0.4) is 0 Å². The van der Waals surface area contributed by atoms with E-state index < -0.39 is 26.6 Å². The Morgan fingerprint density at radius 2 is 1.67 bits per heavy atom. The van der Waals surface area contributed by atoms with Crippen LogP contribution in [0.2, 0.25) is 0 Å². The van der Waals surface area contributed by atoms with Crippen LogP contribution < -0.4 is 9.62 Å². The zero-order valence-electron chi connectivity index (χ0n) is 21.3. The number of halogens is 1. The predicted molar refractivity (Wildman–Crippen MR) is 139 cm³/mol. The molecule has 2 aromatic rings. The van der Waals surface area contributed by atoms with E-state index in [0.29, 0.717) is 19.0 Å². The minimum Gasteiger partial charge on any atom is -0.312 e. The lowest BCUT2D eigenvalue weighted by atomic mass is 10.0. The van der Waals surface area contributed by atoms with E-state index in [2.05, 4.69) is 18.7 Å². The molecule has 0 unspecified atom stereocenters. The van der Waals surface area contributed by atoms with Crippen LogP contribution >= 0.6 is 0 Å². The van der Waals surface area contributed by atoms with Crippen LogP contribution in [0.15, 0.2) is 47.4 Å². The molecule has 0 bridgehead atoms. The molecule has 2 aromatic carbocycles. The second-order valence-electron chi connectivity index (χ2n) is 9.78. The molecule has 196 valence electrons. The smallest absolute Gasteiger partial charge is 0.267 e. The number of amides is 2. The first-order valence-corrected chi connectivity index (χ1v) is 14.0. The zero-order chi connectivity index (χ0) is 26.3. The van der Waals surface area contributed by atoms with Crippen molar-refractivity contribution in [3.8, 4) is 0 Å². The quantitative estimate of drug-likeness (QED) is 0.620. The lowest BCUT2D eigenvalue weighted by Gasteiger charge is -2.30. The Hall–Kier alpha value is -2.78. The van der Waals surface area contributed by atoms with E-state index in [1.165, 1.54) is 25.1 Å². The van der Waals surface area contributed by atoms with Crippen LogP contribution in [0, 0.1) is 11.7 Å². The fraction of sp³-hybridized carbons (Fsp3) is 0.481. The third-order valence-corrected chi connectivity index (χ3v) is 7.60. The van der Waals surface area contributed by atoms with Crippen molar-refractivity contribution in [2.75, 3.05) is 24.5 Å². The Balaban J connectivity index is 1.98. The van der Waals surface area contributed by atoms with E-state index in [9.17, 15) is 22.4 Å². The number of carbonyl (C=O) groups excluding carboxylic acids is 2. The molecule has 0 spiro atoms. The molecule has 1 N–H and O–H groups in total. The highest BCUT2D eigenvalue weighted by molar-refractivity contribution is 7.90. The van der Waals surface area contributed by atoms with E-state index in [1.54, 1.807) is 17.0 Å². The van der Waals surface area contributed by atoms with Gasteiger partial charge in [0.1, 0.15) is 10.7 Å². The van der Waals surface area contributed by atoms with Crippen LogP contribution in [0.5, 0.6) is 0 Å². The van der Waals surface area contributed by atoms with Gasteiger partial charge in [0, 0.05) is 37.8 Å². The second kappa shape index (κ2) is 12.5. The van der Waals surface area contributed by atoms with E-state index in [-0.39, 0.29) is 11.5 Å². The van der Waals surface area contributed by atoms with Crippen LogP contribution in [0.1, 0.15) is 68.8 Å². The van der Waals surface area contributed by atoms with Crippen molar-refractivity contribution < 1.29 is 22.4 Å². The molecule has 2 amide bonds. The Kier molecular flexibility index (Phi) is 9.62. The van der Waals surface area contributed by atoms with Crippen molar-refractivity contribution in [3.05, 3.63) is 59.4 Å². The van der Waals surface area contributed by atoms with Crippen molar-refractivity contribution in [2.45, 2.75) is 64.3 Å². The average molecular weight is 518 g/mol. The number of rotatable bonds is 5. The first-order chi connectivity index (χ1) is 17.1. The number of anilines is 1. The fourth-order valence-corrected chi connectivity index (χ4v) is 5.65. The minimum atomic E-state index is -4.39. The summed E-state index contributed by atoms with van der Waals surface area (Å²) in [4.78, 5) is 29.0. The van der Waals surface area contributed by atoms with Crippen molar-refractivity contribution in [2.24, 2.45) is 5.92 Å². The van der Waals surface area contributed by atoms with Gasteiger partial charge in [-0.05, 0) is 61.2 Å². The average Bonchev–Trinajstić information content (AvgIpc) is 2.79. The number of sulfonamides is 1. The Morgan fingerprint density at radius 1 is 1.00 bits per heavy atom. The van der Waals surface area contributed by atoms with Gasteiger partial charge < -0.3 is 4.90 Å². The van der Waals surface area contributed by atoms with Gasteiger partial charge in [-0.15, -0.1) is 0 Å². The fourth-order valence-electron chi connectivity index (χ4n) is 4.59. The van der Waals surface area contributed by atoms with Crippen molar-refractivity contribution in [1.82, 2.24) is 9.62 Å². The molecule has 0 saturated heterocycles. The van der Waals surface area contributed by atoms with Crippen molar-refractivity contribution in [1.29, 1.82) is 0 Å². The van der Waals surface area contributed by atoms with Gasteiger partial charge >= 0.3 is 0 Å². The molecule has 1 aliphatic rings. The van der Waals surface area contributed by atoms with Gasteiger partial charge in [-0.2, -0.15) is 0 Å². The van der Waals surface area contributed by atoms with E-state index >= 15 is 0 Å². The highest BCUT2D eigenvalue weighted by Gasteiger charge is 2.24. The lowest BCUT2D eigenvalue weighted by molar-refractivity contribution is -0.116. The van der Waals surface area contributed by atoms with Crippen LogP contribution in [0.4, 0.5) is 10.1 Å². The molecule has 0 saturated carbocycles. The van der Waals surface area contributed by atoms with Crippen molar-refractivity contribution in [3.63, 3.8) is 0 Å². The monoisotopic (exact) mass is 517 g/mol. The maximum atomic E-state index is 14.1. The standard InChI is InChI=1S/C27H36FN3O4S/c1-20(2)18-30-15-9-5-4-6-10-16-31(21(3)32)25-14-13-22(17-23(25)19-30)27(33)29-36(34,35)26-12-8-7-11-24(26)28/h7-8,11-14,17,20H,4-6,9-10,15-16,18-19H2,1-3H3,(H,29,33). The van der Waals surface area contributed by atoms with E-state index in [4.69, 9.17) is 0 Å². The summed E-state index contributed by atoms with van der Waals surface area (Å²) in [5, 5.41) is 0. The molecular weight excluding hydrogens is 481 g/mol. The number of carbonyl (C=O) groups is 2. The summed E-state index contributed by atoms with van der Waals surface area (Å²) in [5.74, 6) is -1.43. The molecule has 36 heavy (non-hydrogen) atoms. The SMILES string of the molecule is CC(=O)N1CCCCCCCN(CC(C)C)Cc2cc(C(=O)NS(=O)(=O)c3ccccc3F)ccc21. The third kappa shape index (κ3) is 7.36. The van der Waals surface area contributed by atoms with Crippen molar-refractivity contribution >= 4 is 27.5 Å². The van der Waals surface area contributed by atoms with Crippen LogP contribution in [0.25, 0.3) is 0 Å². The molecule has 0 fully saturated rings. The minimum absolute atomic E-state index is 0.0805. The Bertz CT molecular complexity index is 1180. The second-order valence-corrected chi connectivity index (χ2v) is 11.4. The summed E-state index contributed by atoms with van der Waals surface area (Å²) in [7, 11) is -4.39. The summed E-state index contributed by atoms with van der Waals surface area (Å²) in [6.45, 7) is 8.70. The summed E-state index contributed by atoms with van der Waals surface area (Å²) in [5.41, 5.74) is 1.64. The highest BCUT2D eigenvalue weighted by Crippen LogP contribution is 2.27.